The molecule has 0 spiro atoms. The zero-order valence-electron chi connectivity index (χ0n) is 5.06. The van der Waals surface area contributed by atoms with Gasteiger partial charge in [-0.1, -0.05) is 28.0 Å². The van der Waals surface area contributed by atoms with Gasteiger partial charge in [-0.2, -0.15) is 0 Å². The third-order valence-corrected chi connectivity index (χ3v) is 1.48. The summed E-state index contributed by atoms with van der Waals surface area (Å²) in [6.45, 7) is 3.88. The van der Waals surface area contributed by atoms with Gasteiger partial charge in [0.05, 0.1) is 10.5 Å². The largest absolute Gasteiger partial charge is 0.411 e. The third-order valence-electron chi connectivity index (χ3n) is 0.950. The Bertz CT molecular complexity index is 90.4. The van der Waals surface area contributed by atoms with Gasteiger partial charge >= 0.3 is 0 Å². The van der Waals surface area contributed by atoms with E-state index < -0.39 is 0 Å². The Balaban J connectivity index is 3.72. The van der Waals surface area contributed by atoms with Gasteiger partial charge in [-0.25, -0.2) is 0 Å². The molecule has 3 heteroatoms. The Morgan fingerprint density at radius 2 is 2.38 bits per heavy atom. The van der Waals surface area contributed by atoms with Crippen molar-refractivity contribution in [1.29, 1.82) is 0 Å². The molecule has 2 nitrogen and oxygen atoms in total. The van der Waals surface area contributed by atoms with E-state index >= 15 is 0 Å². The predicted octanol–water partition coefficient (Wildman–Crippen LogP) is 2.01. The fourth-order valence-corrected chi connectivity index (χ4v) is 0.847. The van der Waals surface area contributed by atoms with Crippen LogP contribution in [0.5, 0.6) is 0 Å². The SMILES string of the molecule is CC/C(=N/O)C(C)Br. The van der Waals surface area contributed by atoms with Gasteiger partial charge in [0.15, 0.2) is 0 Å². The molecule has 1 N–H and O–H groups in total. The van der Waals surface area contributed by atoms with E-state index in [4.69, 9.17) is 5.21 Å². The first-order valence-corrected chi connectivity index (χ1v) is 3.48. The van der Waals surface area contributed by atoms with Crippen molar-refractivity contribution in [2.45, 2.75) is 25.1 Å². The Kier molecular flexibility index (Phi) is 3.87. The molecule has 0 aromatic carbocycles. The normalized spacial score (nSPS) is 16.1. The number of hydrogen-bond acceptors (Lipinski definition) is 2. The van der Waals surface area contributed by atoms with E-state index in [9.17, 15) is 0 Å². The van der Waals surface area contributed by atoms with Gasteiger partial charge < -0.3 is 5.21 Å². The van der Waals surface area contributed by atoms with E-state index in [2.05, 4.69) is 21.1 Å². The molecule has 0 heterocycles. The van der Waals surface area contributed by atoms with Gasteiger partial charge in [0, 0.05) is 0 Å². The number of oxime groups is 1. The molecule has 8 heavy (non-hydrogen) atoms. The molecule has 0 aromatic rings. The lowest BCUT2D eigenvalue weighted by Crippen LogP contribution is -2.07. The summed E-state index contributed by atoms with van der Waals surface area (Å²) < 4.78 is 0. The van der Waals surface area contributed by atoms with Gasteiger partial charge in [-0.3, -0.25) is 0 Å². The molecule has 0 aliphatic carbocycles. The van der Waals surface area contributed by atoms with E-state index in [1.807, 2.05) is 13.8 Å². The van der Waals surface area contributed by atoms with Crippen LogP contribution in [0.2, 0.25) is 0 Å². The monoisotopic (exact) mass is 179 g/mol. The van der Waals surface area contributed by atoms with Crippen LogP contribution >= 0.6 is 15.9 Å². The molecule has 0 saturated heterocycles. The van der Waals surface area contributed by atoms with Crippen LogP contribution < -0.4 is 0 Å². The van der Waals surface area contributed by atoms with Gasteiger partial charge in [-0.05, 0) is 13.3 Å². The van der Waals surface area contributed by atoms with E-state index in [-0.39, 0.29) is 4.83 Å². The smallest absolute Gasteiger partial charge is 0.0701 e. The van der Waals surface area contributed by atoms with Crippen LogP contribution in [0.4, 0.5) is 0 Å². The highest BCUT2D eigenvalue weighted by Gasteiger charge is 2.02. The molecular weight excluding hydrogens is 170 g/mol. The molecule has 48 valence electrons. The van der Waals surface area contributed by atoms with Crippen molar-refractivity contribution < 1.29 is 5.21 Å². The Morgan fingerprint density at radius 1 is 1.88 bits per heavy atom. The summed E-state index contributed by atoms with van der Waals surface area (Å²) >= 11 is 3.27. The van der Waals surface area contributed by atoms with Crippen molar-refractivity contribution in [1.82, 2.24) is 0 Å². The minimum Gasteiger partial charge on any atom is -0.411 e. The van der Waals surface area contributed by atoms with Crippen LogP contribution in [0.1, 0.15) is 20.3 Å². The summed E-state index contributed by atoms with van der Waals surface area (Å²) in [6, 6.07) is 0. The predicted molar refractivity (Wildman–Crippen MR) is 37.9 cm³/mol. The Hall–Kier alpha value is -0.0500. The lowest BCUT2D eigenvalue weighted by molar-refractivity contribution is 0.317. The van der Waals surface area contributed by atoms with Crippen LogP contribution in [0.25, 0.3) is 0 Å². The van der Waals surface area contributed by atoms with Crippen LogP contribution in [-0.2, 0) is 0 Å². The second-order valence-corrected chi connectivity index (χ2v) is 2.93. The minimum absolute atomic E-state index is 0.192. The first kappa shape index (κ1) is 7.95. The maximum absolute atomic E-state index is 8.25. The topological polar surface area (TPSA) is 32.6 Å². The maximum Gasteiger partial charge on any atom is 0.0701 e. The maximum atomic E-state index is 8.25. The van der Waals surface area contributed by atoms with Crippen molar-refractivity contribution >= 4 is 21.6 Å². The van der Waals surface area contributed by atoms with Gasteiger partial charge in [-0.15, -0.1) is 0 Å². The highest BCUT2D eigenvalue weighted by atomic mass is 79.9. The summed E-state index contributed by atoms with van der Waals surface area (Å²) in [7, 11) is 0. The molecule has 0 rings (SSSR count). The molecule has 0 aromatic heterocycles. The molecule has 0 fully saturated rings. The summed E-state index contributed by atoms with van der Waals surface area (Å²) in [4.78, 5) is 0.192. The van der Waals surface area contributed by atoms with E-state index in [1.165, 1.54) is 0 Å². The highest BCUT2D eigenvalue weighted by molar-refractivity contribution is 9.10. The van der Waals surface area contributed by atoms with Crippen molar-refractivity contribution in [3.8, 4) is 0 Å². The van der Waals surface area contributed by atoms with E-state index in [1.54, 1.807) is 0 Å². The third kappa shape index (κ3) is 2.31. The highest BCUT2D eigenvalue weighted by Crippen LogP contribution is 2.02. The van der Waals surface area contributed by atoms with E-state index in [0.717, 1.165) is 12.1 Å². The molecule has 1 atom stereocenters. The van der Waals surface area contributed by atoms with Gasteiger partial charge in [0.1, 0.15) is 0 Å². The first-order valence-electron chi connectivity index (χ1n) is 2.57. The fraction of sp³-hybridized carbons (Fsp3) is 0.800. The van der Waals surface area contributed by atoms with Gasteiger partial charge in [0.2, 0.25) is 0 Å². The number of hydrogen-bond donors (Lipinski definition) is 1. The number of rotatable bonds is 2. The molecule has 0 aliphatic heterocycles. The van der Waals surface area contributed by atoms with E-state index in [0.29, 0.717) is 0 Å². The Labute approximate surface area is 57.7 Å². The van der Waals surface area contributed by atoms with Gasteiger partial charge in [0.25, 0.3) is 0 Å². The number of alkyl halides is 1. The lowest BCUT2D eigenvalue weighted by Gasteiger charge is -1.99. The molecule has 0 aliphatic rings. The first-order chi connectivity index (χ1) is 3.72. The molecule has 1 unspecified atom stereocenters. The van der Waals surface area contributed by atoms with Crippen LogP contribution in [0, 0.1) is 0 Å². The molecule has 0 radical (unpaired) electrons. The van der Waals surface area contributed by atoms with Crippen molar-refractivity contribution in [2.75, 3.05) is 0 Å². The van der Waals surface area contributed by atoms with Crippen molar-refractivity contribution in [3.05, 3.63) is 0 Å². The molecular formula is C5H10BrNO. The quantitative estimate of drug-likeness (QED) is 0.300. The molecule has 0 bridgehead atoms. The zero-order valence-corrected chi connectivity index (χ0v) is 6.64. The fourth-order valence-electron chi connectivity index (χ4n) is 0.432. The summed E-state index contributed by atoms with van der Waals surface area (Å²) in [5.74, 6) is 0. The average molecular weight is 180 g/mol. The summed E-state index contributed by atoms with van der Waals surface area (Å²) in [6.07, 6.45) is 0.795. The van der Waals surface area contributed by atoms with Crippen LogP contribution in [0.3, 0.4) is 0 Å². The minimum atomic E-state index is 0.192. The van der Waals surface area contributed by atoms with Crippen molar-refractivity contribution in [3.63, 3.8) is 0 Å². The molecule has 0 amide bonds. The standard InChI is InChI=1S/C5H10BrNO/c1-3-5(7-8)4(2)6/h4,8H,3H2,1-2H3/b7-5-. The summed E-state index contributed by atoms with van der Waals surface area (Å²) in [5.41, 5.74) is 0.782. The van der Waals surface area contributed by atoms with Crippen molar-refractivity contribution in [2.24, 2.45) is 5.16 Å². The molecule has 0 saturated carbocycles. The number of halogens is 1. The lowest BCUT2D eigenvalue weighted by atomic mass is 10.2. The summed E-state index contributed by atoms with van der Waals surface area (Å²) in [5, 5.41) is 11.3. The second-order valence-electron chi connectivity index (χ2n) is 1.56. The average Bonchev–Trinajstić information content (AvgIpc) is 1.69. The number of nitrogens with zero attached hydrogens (tertiary/aromatic N) is 1. The Morgan fingerprint density at radius 3 is 2.38 bits per heavy atom. The van der Waals surface area contributed by atoms with Crippen LogP contribution in [-0.4, -0.2) is 15.7 Å². The zero-order chi connectivity index (χ0) is 6.57. The van der Waals surface area contributed by atoms with Crippen LogP contribution in [0.15, 0.2) is 5.16 Å². The second kappa shape index (κ2) is 3.89.